The molecule has 0 radical (unpaired) electrons. The standard InChI is InChI=1S/C21H32FN3O/c1-15(2)13-16-5-6-19(22)18(14-16)21(3,4)23-20(26)25-12-11-24-9-7-17(25)8-10-24/h5-6,14-15,17H,7-13H2,1-4H3,(H,23,26). The summed E-state index contributed by atoms with van der Waals surface area (Å²) in [4.78, 5) is 17.4. The fraction of sp³-hybridized carbons (Fsp3) is 0.667. The molecule has 1 aromatic carbocycles. The number of urea groups is 1. The fourth-order valence-electron chi connectivity index (χ4n) is 4.21. The third kappa shape index (κ3) is 4.20. The molecule has 3 heterocycles. The van der Waals surface area contributed by atoms with Crippen LogP contribution in [-0.4, -0.2) is 48.1 Å². The lowest BCUT2D eigenvalue weighted by atomic mass is 9.90. The van der Waals surface area contributed by atoms with E-state index in [0.29, 0.717) is 17.5 Å². The number of benzene rings is 1. The molecule has 5 heteroatoms. The predicted octanol–water partition coefficient (Wildman–Crippen LogP) is 3.75. The van der Waals surface area contributed by atoms with Crippen LogP contribution in [0.1, 0.15) is 51.7 Å². The molecule has 144 valence electrons. The van der Waals surface area contributed by atoms with Crippen molar-refractivity contribution in [2.75, 3.05) is 26.2 Å². The van der Waals surface area contributed by atoms with E-state index in [-0.39, 0.29) is 11.8 Å². The van der Waals surface area contributed by atoms with E-state index in [1.807, 2.05) is 30.9 Å². The van der Waals surface area contributed by atoms with Crippen LogP contribution < -0.4 is 5.32 Å². The van der Waals surface area contributed by atoms with E-state index in [2.05, 4.69) is 24.1 Å². The van der Waals surface area contributed by atoms with Gasteiger partial charge in [-0.25, -0.2) is 9.18 Å². The quantitative estimate of drug-likeness (QED) is 0.886. The van der Waals surface area contributed by atoms with E-state index < -0.39 is 5.54 Å². The molecule has 1 aromatic rings. The molecule has 2 amide bonds. The monoisotopic (exact) mass is 361 g/mol. The molecular weight excluding hydrogens is 329 g/mol. The molecule has 0 spiro atoms. The Morgan fingerprint density at radius 1 is 1.23 bits per heavy atom. The van der Waals surface area contributed by atoms with Crippen molar-refractivity contribution < 1.29 is 9.18 Å². The number of carbonyl (C=O) groups excluding carboxylic acids is 1. The zero-order valence-electron chi connectivity index (χ0n) is 16.5. The Morgan fingerprint density at radius 3 is 2.58 bits per heavy atom. The predicted molar refractivity (Wildman–Crippen MR) is 103 cm³/mol. The van der Waals surface area contributed by atoms with Crippen molar-refractivity contribution >= 4 is 6.03 Å². The Bertz CT molecular complexity index is 651. The average Bonchev–Trinajstić information content (AvgIpc) is 2.89. The lowest BCUT2D eigenvalue weighted by Gasteiger charge is -2.35. The molecule has 2 bridgehead atoms. The van der Waals surface area contributed by atoms with Crippen molar-refractivity contribution in [1.29, 1.82) is 0 Å². The second-order valence-corrected chi connectivity index (χ2v) is 8.73. The van der Waals surface area contributed by atoms with Crippen molar-refractivity contribution in [2.45, 2.75) is 58.5 Å². The van der Waals surface area contributed by atoms with Crippen LogP contribution in [0.15, 0.2) is 18.2 Å². The molecule has 0 aliphatic carbocycles. The van der Waals surface area contributed by atoms with Crippen LogP contribution in [0.4, 0.5) is 9.18 Å². The number of nitrogens with zero attached hydrogens (tertiary/aromatic N) is 2. The van der Waals surface area contributed by atoms with Gasteiger partial charge in [-0.2, -0.15) is 0 Å². The smallest absolute Gasteiger partial charge is 0.318 e. The van der Waals surface area contributed by atoms with Crippen molar-refractivity contribution in [3.8, 4) is 0 Å². The fourth-order valence-corrected chi connectivity index (χ4v) is 4.21. The van der Waals surface area contributed by atoms with Crippen molar-refractivity contribution in [1.82, 2.24) is 15.1 Å². The zero-order chi connectivity index (χ0) is 18.9. The van der Waals surface area contributed by atoms with Crippen LogP contribution in [0, 0.1) is 11.7 Å². The largest absolute Gasteiger partial charge is 0.329 e. The normalized spacial score (nSPS) is 23.2. The average molecular weight is 362 g/mol. The highest BCUT2D eigenvalue weighted by Crippen LogP contribution is 2.27. The maximum absolute atomic E-state index is 14.5. The summed E-state index contributed by atoms with van der Waals surface area (Å²) < 4.78 is 14.5. The maximum atomic E-state index is 14.5. The Morgan fingerprint density at radius 2 is 1.92 bits per heavy atom. The molecule has 3 fully saturated rings. The van der Waals surface area contributed by atoms with Gasteiger partial charge in [-0.3, -0.25) is 0 Å². The minimum Gasteiger partial charge on any atom is -0.329 e. The number of carbonyl (C=O) groups is 1. The van der Waals surface area contributed by atoms with E-state index in [1.165, 1.54) is 6.07 Å². The first kappa shape index (κ1) is 19.2. The summed E-state index contributed by atoms with van der Waals surface area (Å²) in [5.41, 5.74) is 0.922. The van der Waals surface area contributed by atoms with Crippen LogP contribution in [0.2, 0.25) is 0 Å². The van der Waals surface area contributed by atoms with Crippen molar-refractivity contribution in [3.05, 3.63) is 35.1 Å². The van der Waals surface area contributed by atoms with Gasteiger partial charge in [0.1, 0.15) is 5.82 Å². The van der Waals surface area contributed by atoms with E-state index in [0.717, 1.165) is 51.0 Å². The molecule has 0 unspecified atom stereocenters. The van der Waals surface area contributed by atoms with Crippen LogP contribution in [0.25, 0.3) is 0 Å². The zero-order valence-corrected chi connectivity index (χ0v) is 16.5. The van der Waals surface area contributed by atoms with Gasteiger partial charge in [0.25, 0.3) is 0 Å². The van der Waals surface area contributed by atoms with Crippen LogP contribution >= 0.6 is 0 Å². The highest BCUT2D eigenvalue weighted by atomic mass is 19.1. The van der Waals surface area contributed by atoms with Gasteiger partial charge >= 0.3 is 6.03 Å². The number of rotatable bonds is 4. The first-order valence-corrected chi connectivity index (χ1v) is 9.86. The molecule has 1 N–H and O–H groups in total. The number of hydrogen-bond acceptors (Lipinski definition) is 2. The second-order valence-electron chi connectivity index (χ2n) is 8.73. The summed E-state index contributed by atoms with van der Waals surface area (Å²) in [6, 6.07) is 5.52. The van der Waals surface area contributed by atoms with Gasteiger partial charge in [0.2, 0.25) is 0 Å². The topological polar surface area (TPSA) is 35.6 Å². The highest BCUT2D eigenvalue weighted by molar-refractivity contribution is 5.75. The number of amides is 2. The molecule has 0 aromatic heterocycles. The molecule has 3 aliphatic rings. The van der Waals surface area contributed by atoms with Crippen LogP contribution in [0.5, 0.6) is 0 Å². The number of hydrogen-bond donors (Lipinski definition) is 1. The summed E-state index contributed by atoms with van der Waals surface area (Å²) >= 11 is 0. The molecule has 4 rings (SSSR count). The molecule has 3 aliphatic heterocycles. The van der Waals surface area contributed by atoms with Gasteiger partial charge < -0.3 is 15.1 Å². The number of nitrogens with one attached hydrogen (secondary N) is 1. The van der Waals surface area contributed by atoms with Gasteiger partial charge in [-0.15, -0.1) is 0 Å². The minimum atomic E-state index is -0.751. The molecule has 3 saturated heterocycles. The molecule has 0 atom stereocenters. The summed E-state index contributed by atoms with van der Waals surface area (Å²) in [5, 5.41) is 3.10. The van der Waals surface area contributed by atoms with Gasteiger partial charge in [-0.1, -0.05) is 26.0 Å². The third-order valence-electron chi connectivity index (χ3n) is 5.68. The van der Waals surface area contributed by atoms with Gasteiger partial charge in [-0.05, 0) is 50.7 Å². The first-order chi connectivity index (χ1) is 12.3. The Balaban J connectivity index is 1.76. The summed E-state index contributed by atoms with van der Waals surface area (Å²) in [5.74, 6) is 0.249. The van der Waals surface area contributed by atoms with E-state index in [4.69, 9.17) is 0 Å². The van der Waals surface area contributed by atoms with Gasteiger partial charge in [0.05, 0.1) is 5.54 Å². The van der Waals surface area contributed by atoms with E-state index >= 15 is 0 Å². The van der Waals surface area contributed by atoms with Gasteiger partial charge in [0, 0.05) is 37.8 Å². The molecular formula is C21H32FN3O. The highest BCUT2D eigenvalue weighted by Gasteiger charge is 2.35. The summed E-state index contributed by atoms with van der Waals surface area (Å²) in [7, 11) is 0. The minimum absolute atomic E-state index is 0.0718. The van der Waals surface area contributed by atoms with E-state index in [9.17, 15) is 9.18 Å². The van der Waals surface area contributed by atoms with Gasteiger partial charge in [0.15, 0.2) is 0 Å². The lowest BCUT2D eigenvalue weighted by Crippen LogP contribution is -2.52. The van der Waals surface area contributed by atoms with Crippen LogP contribution in [-0.2, 0) is 12.0 Å². The Hall–Kier alpha value is -1.62. The third-order valence-corrected chi connectivity index (χ3v) is 5.68. The lowest BCUT2D eigenvalue weighted by molar-refractivity contribution is 0.161. The molecule has 4 nitrogen and oxygen atoms in total. The molecule has 26 heavy (non-hydrogen) atoms. The maximum Gasteiger partial charge on any atom is 0.318 e. The summed E-state index contributed by atoms with van der Waals surface area (Å²) in [6.45, 7) is 11.9. The van der Waals surface area contributed by atoms with Crippen molar-refractivity contribution in [3.63, 3.8) is 0 Å². The Labute approximate surface area is 156 Å². The van der Waals surface area contributed by atoms with E-state index in [1.54, 1.807) is 0 Å². The number of halogens is 1. The molecule has 0 saturated carbocycles. The van der Waals surface area contributed by atoms with Crippen molar-refractivity contribution in [2.24, 2.45) is 5.92 Å². The van der Waals surface area contributed by atoms with Crippen LogP contribution in [0.3, 0.4) is 0 Å². The second kappa shape index (κ2) is 7.55. The number of piperidine rings is 1. The Kier molecular flexibility index (Phi) is 5.56. The number of fused-ring (bicyclic) bond motifs is 4. The first-order valence-electron chi connectivity index (χ1n) is 9.86. The summed E-state index contributed by atoms with van der Waals surface area (Å²) in [6.07, 6.45) is 2.97. The SMILES string of the molecule is CC(C)Cc1ccc(F)c(C(C)(C)NC(=O)N2CCN3CCC2CC3)c1.